The predicted octanol–water partition coefficient (Wildman–Crippen LogP) is 4.42. The van der Waals surface area contributed by atoms with Gasteiger partial charge in [-0.15, -0.1) is 0 Å². The van der Waals surface area contributed by atoms with Crippen LogP contribution in [0.4, 0.5) is 0 Å². The van der Waals surface area contributed by atoms with E-state index in [1.165, 1.54) is 22.2 Å². The maximum atomic E-state index is 13.8. The minimum absolute atomic E-state index is 0.305. The summed E-state index contributed by atoms with van der Waals surface area (Å²) in [6, 6.07) is 17.0. The van der Waals surface area contributed by atoms with Gasteiger partial charge in [0.15, 0.2) is 0 Å². The number of methoxy groups -OCH3 is 1. The van der Waals surface area contributed by atoms with Gasteiger partial charge in [0.1, 0.15) is 11.3 Å². The number of benzene rings is 2. The summed E-state index contributed by atoms with van der Waals surface area (Å²) < 4.78 is 5.27. The molecule has 5 heteroatoms. The number of H-pyrrole nitrogens is 1. The highest BCUT2D eigenvalue weighted by molar-refractivity contribution is 5.90. The molecule has 0 saturated carbocycles. The Hall–Kier alpha value is -2.79. The fourth-order valence-electron chi connectivity index (χ4n) is 6.58. The van der Waals surface area contributed by atoms with Gasteiger partial charge >= 0.3 is 0 Å². The van der Waals surface area contributed by atoms with E-state index in [2.05, 4.69) is 58.1 Å². The first-order chi connectivity index (χ1) is 15.1. The molecule has 1 spiro atoms. The van der Waals surface area contributed by atoms with Crippen molar-refractivity contribution in [2.75, 3.05) is 20.2 Å². The maximum Gasteiger partial charge on any atom is 0.243 e. The van der Waals surface area contributed by atoms with E-state index >= 15 is 0 Å². The minimum Gasteiger partial charge on any atom is -0.497 e. The van der Waals surface area contributed by atoms with Crippen molar-refractivity contribution in [3.63, 3.8) is 0 Å². The fraction of sp³-hybridized carbons (Fsp3) is 0.423. The van der Waals surface area contributed by atoms with Crippen molar-refractivity contribution < 1.29 is 9.53 Å². The number of carbonyl (C=O) groups excluding carboxylic acids is 1. The Balaban J connectivity index is 1.30. The molecule has 3 aromatic rings. The van der Waals surface area contributed by atoms with Crippen molar-refractivity contribution in [2.24, 2.45) is 5.92 Å². The smallest absolute Gasteiger partial charge is 0.243 e. The molecule has 3 aliphatic heterocycles. The van der Waals surface area contributed by atoms with Crippen molar-refractivity contribution in [3.8, 4) is 5.75 Å². The molecular formula is C26H29N3O2. The SMILES string of the molecule is COc1ccc(CN2C[C@@H]3C[C@@H](c4[nH]c5ccccc5c4C)N4CCC[C@@]34C2=O)cc1. The number of nitrogens with zero attached hydrogens (tertiary/aromatic N) is 2. The quantitative estimate of drug-likeness (QED) is 0.686. The number of fused-ring (bicyclic) bond motifs is 1. The summed E-state index contributed by atoms with van der Waals surface area (Å²) in [5.41, 5.74) is 4.71. The van der Waals surface area contributed by atoms with Crippen LogP contribution in [0, 0.1) is 12.8 Å². The molecule has 0 aliphatic carbocycles. The second kappa shape index (κ2) is 6.86. The van der Waals surface area contributed by atoms with E-state index in [9.17, 15) is 4.79 Å². The Kier molecular flexibility index (Phi) is 4.19. The van der Waals surface area contributed by atoms with Crippen LogP contribution in [0.5, 0.6) is 5.75 Å². The summed E-state index contributed by atoms with van der Waals surface area (Å²) in [5, 5.41) is 1.30. The molecule has 3 fully saturated rings. The lowest BCUT2D eigenvalue weighted by Gasteiger charge is -2.33. The van der Waals surface area contributed by atoms with Crippen molar-refractivity contribution in [1.82, 2.24) is 14.8 Å². The number of hydrogen-bond acceptors (Lipinski definition) is 3. The van der Waals surface area contributed by atoms with Crippen LogP contribution < -0.4 is 4.74 Å². The predicted molar refractivity (Wildman–Crippen MR) is 121 cm³/mol. The largest absolute Gasteiger partial charge is 0.497 e. The summed E-state index contributed by atoms with van der Waals surface area (Å²) in [6.45, 7) is 4.78. The summed E-state index contributed by atoms with van der Waals surface area (Å²) in [6.07, 6.45) is 3.15. The van der Waals surface area contributed by atoms with E-state index in [1.54, 1.807) is 7.11 Å². The molecule has 3 saturated heterocycles. The van der Waals surface area contributed by atoms with Gasteiger partial charge in [-0.25, -0.2) is 0 Å². The van der Waals surface area contributed by atoms with Gasteiger partial charge in [-0.05, 0) is 62.1 Å². The number of aromatic nitrogens is 1. The molecule has 0 radical (unpaired) electrons. The molecule has 3 atom stereocenters. The lowest BCUT2D eigenvalue weighted by atomic mass is 9.85. The second-order valence-electron chi connectivity index (χ2n) is 9.41. The first-order valence-corrected chi connectivity index (χ1v) is 11.4. The van der Waals surface area contributed by atoms with Gasteiger partial charge in [-0.1, -0.05) is 30.3 Å². The average molecular weight is 416 g/mol. The minimum atomic E-state index is -0.305. The van der Waals surface area contributed by atoms with Crippen LogP contribution in [-0.2, 0) is 11.3 Å². The third kappa shape index (κ3) is 2.62. The lowest BCUT2D eigenvalue weighted by Crippen LogP contribution is -2.49. The number of aromatic amines is 1. The number of para-hydroxylation sites is 1. The van der Waals surface area contributed by atoms with Crippen LogP contribution in [0.1, 0.15) is 42.1 Å². The number of aryl methyl sites for hydroxylation is 1. The van der Waals surface area contributed by atoms with Gasteiger partial charge in [0.05, 0.1) is 13.2 Å². The van der Waals surface area contributed by atoms with Crippen LogP contribution in [-0.4, -0.2) is 46.4 Å². The van der Waals surface area contributed by atoms with Crippen LogP contribution in [0.15, 0.2) is 48.5 Å². The van der Waals surface area contributed by atoms with Crippen LogP contribution in [0.3, 0.4) is 0 Å². The van der Waals surface area contributed by atoms with Crippen LogP contribution in [0.2, 0.25) is 0 Å². The highest BCUT2D eigenvalue weighted by atomic mass is 16.5. The Morgan fingerprint density at radius 3 is 2.74 bits per heavy atom. The third-order valence-corrected chi connectivity index (χ3v) is 8.00. The standard InChI is InChI=1S/C26H29N3O2/c1-17-21-6-3-4-7-22(21)27-24(17)23-14-19-16-28(15-18-8-10-20(31-2)11-9-18)25(30)26(19)12-5-13-29(23)26/h3-4,6-11,19,23,27H,5,12-16H2,1-2H3/t19-,23-,26-/m0/s1. The second-order valence-corrected chi connectivity index (χ2v) is 9.41. The number of ether oxygens (including phenoxy) is 1. The molecule has 5 nitrogen and oxygen atoms in total. The molecule has 1 amide bonds. The maximum absolute atomic E-state index is 13.8. The monoisotopic (exact) mass is 415 g/mol. The van der Waals surface area contributed by atoms with Crippen LogP contribution in [0.25, 0.3) is 10.9 Å². The van der Waals surface area contributed by atoms with E-state index in [-0.39, 0.29) is 5.54 Å². The summed E-state index contributed by atoms with van der Waals surface area (Å²) in [7, 11) is 1.68. The first kappa shape index (κ1) is 18.9. The van der Waals surface area contributed by atoms with Gasteiger partial charge in [0.2, 0.25) is 5.91 Å². The molecule has 0 unspecified atom stereocenters. The molecule has 0 bridgehead atoms. The highest BCUT2D eigenvalue weighted by Crippen LogP contribution is 2.56. The normalized spacial score (nSPS) is 27.8. The van der Waals surface area contributed by atoms with E-state index < -0.39 is 0 Å². The number of amides is 1. The van der Waals surface area contributed by atoms with Crippen molar-refractivity contribution >= 4 is 16.8 Å². The third-order valence-electron chi connectivity index (χ3n) is 8.00. The molecule has 160 valence electrons. The van der Waals surface area contributed by atoms with Crippen molar-refractivity contribution in [3.05, 3.63) is 65.4 Å². The Morgan fingerprint density at radius 1 is 1.16 bits per heavy atom. The average Bonchev–Trinajstić information content (AvgIpc) is 3.51. The van der Waals surface area contributed by atoms with Gasteiger partial charge in [-0.3, -0.25) is 9.69 Å². The van der Waals surface area contributed by atoms with Crippen molar-refractivity contribution in [2.45, 2.75) is 44.3 Å². The first-order valence-electron chi connectivity index (χ1n) is 11.4. The van der Waals surface area contributed by atoms with Crippen molar-refractivity contribution in [1.29, 1.82) is 0 Å². The Bertz CT molecular complexity index is 1150. The molecule has 31 heavy (non-hydrogen) atoms. The molecule has 2 aromatic carbocycles. The van der Waals surface area contributed by atoms with Crippen LogP contribution >= 0.6 is 0 Å². The molecule has 4 heterocycles. The number of hydrogen-bond donors (Lipinski definition) is 1. The zero-order valence-corrected chi connectivity index (χ0v) is 18.2. The molecule has 1 N–H and O–H groups in total. The molecular weight excluding hydrogens is 386 g/mol. The molecule has 6 rings (SSSR count). The summed E-state index contributed by atoms with van der Waals surface area (Å²) in [5.74, 6) is 1.59. The van der Waals surface area contributed by atoms with Gasteiger partial charge in [-0.2, -0.15) is 0 Å². The number of rotatable bonds is 4. The van der Waals surface area contributed by atoms with Gasteiger partial charge in [0, 0.05) is 35.6 Å². The Labute approximate surface area is 183 Å². The number of likely N-dealkylation sites (tertiary alicyclic amines) is 1. The number of nitrogens with one attached hydrogen (secondary N) is 1. The highest BCUT2D eigenvalue weighted by Gasteiger charge is 2.65. The van der Waals surface area contributed by atoms with Gasteiger partial charge < -0.3 is 14.6 Å². The van der Waals surface area contributed by atoms with E-state index in [0.29, 0.717) is 24.4 Å². The topological polar surface area (TPSA) is 48.6 Å². The summed E-state index contributed by atoms with van der Waals surface area (Å²) in [4.78, 5) is 22.1. The van der Waals surface area contributed by atoms with E-state index in [4.69, 9.17) is 4.74 Å². The van der Waals surface area contributed by atoms with E-state index in [1.807, 2.05) is 12.1 Å². The molecule has 3 aliphatic rings. The lowest BCUT2D eigenvalue weighted by molar-refractivity contribution is -0.137. The number of carbonyl (C=O) groups is 1. The molecule has 1 aromatic heterocycles. The van der Waals surface area contributed by atoms with E-state index in [0.717, 1.165) is 43.7 Å². The fourth-order valence-corrected chi connectivity index (χ4v) is 6.58. The summed E-state index contributed by atoms with van der Waals surface area (Å²) >= 11 is 0. The zero-order valence-electron chi connectivity index (χ0n) is 18.2. The zero-order chi connectivity index (χ0) is 21.2. The van der Waals surface area contributed by atoms with Gasteiger partial charge in [0.25, 0.3) is 0 Å². The Morgan fingerprint density at radius 2 is 1.97 bits per heavy atom.